The number of hydrogen-bond donors (Lipinski definition) is 0. The second-order valence-corrected chi connectivity index (χ2v) is 9.79. The predicted molar refractivity (Wildman–Crippen MR) is 143 cm³/mol. The molecule has 2 aromatic rings. The summed E-state index contributed by atoms with van der Waals surface area (Å²) >= 11 is 6.52. The molecule has 1 aliphatic heterocycles. The number of hydrogen-bond acceptors (Lipinski definition) is 11. The molecular weight excluding hydrogens is 560 g/mol. The van der Waals surface area contributed by atoms with E-state index in [1.54, 1.807) is 42.5 Å². The number of halogens is 1. The first-order chi connectivity index (χ1) is 19.3. The van der Waals surface area contributed by atoms with Crippen LogP contribution in [-0.2, 0) is 54.1 Å². The zero-order chi connectivity index (χ0) is 30.3. The lowest BCUT2D eigenvalue weighted by Crippen LogP contribution is -2.59. The Morgan fingerprint density at radius 2 is 1.32 bits per heavy atom. The van der Waals surface area contributed by atoms with Crippen LogP contribution in [0.15, 0.2) is 42.5 Å². The summed E-state index contributed by atoms with van der Waals surface area (Å²) in [5, 5.41) is 0.448. The normalized spacial score (nSPS) is 21.8. The summed E-state index contributed by atoms with van der Waals surface area (Å²) in [7, 11) is 0. The van der Waals surface area contributed by atoms with E-state index >= 15 is 0 Å². The van der Waals surface area contributed by atoms with E-state index in [-0.39, 0.29) is 6.61 Å². The fourth-order valence-electron chi connectivity index (χ4n) is 4.47. The first-order valence-corrected chi connectivity index (χ1v) is 13.1. The van der Waals surface area contributed by atoms with Crippen molar-refractivity contribution < 1.29 is 52.4 Å². The minimum atomic E-state index is -1.28. The minimum absolute atomic E-state index is 0.330. The monoisotopic (exact) mass is 590 g/mol. The maximum atomic E-state index is 12.2. The second kappa shape index (κ2) is 14.1. The van der Waals surface area contributed by atoms with Crippen molar-refractivity contribution in [3.05, 3.63) is 64.2 Å². The number of ether oxygens (including phenoxy) is 6. The quantitative estimate of drug-likeness (QED) is 0.240. The predicted octanol–water partition coefficient (Wildman–Crippen LogP) is 3.65. The van der Waals surface area contributed by atoms with E-state index in [2.05, 4.69) is 0 Å². The van der Waals surface area contributed by atoms with Crippen LogP contribution in [0, 0.1) is 0 Å². The van der Waals surface area contributed by atoms with Gasteiger partial charge in [0, 0.05) is 39.6 Å². The van der Waals surface area contributed by atoms with E-state index in [9.17, 15) is 24.0 Å². The summed E-state index contributed by atoms with van der Waals surface area (Å²) in [6, 6.07) is 12.0. The van der Waals surface area contributed by atoms with E-state index in [4.69, 9.17) is 40.0 Å². The van der Waals surface area contributed by atoms with E-state index in [0.29, 0.717) is 28.3 Å². The lowest BCUT2D eigenvalue weighted by molar-refractivity contribution is -0.254. The van der Waals surface area contributed by atoms with Crippen molar-refractivity contribution in [3.8, 4) is 5.75 Å². The summed E-state index contributed by atoms with van der Waals surface area (Å²) in [6.07, 6.45) is -5.48. The summed E-state index contributed by atoms with van der Waals surface area (Å²) < 4.78 is 33.0. The first kappa shape index (κ1) is 31.6. The summed E-state index contributed by atoms with van der Waals surface area (Å²) in [4.78, 5) is 59.0. The topological polar surface area (TPSA) is 141 Å². The average Bonchev–Trinajstić information content (AvgIpc) is 2.86. The molecule has 0 saturated carbocycles. The minimum Gasteiger partial charge on any atom is -0.463 e. The summed E-state index contributed by atoms with van der Waals surface area (Å²) in [5.41, 5.74) is 2.07. The molecule has 0 bridgehead atoms. The molecular formula is C29H31ClO11. The molecule has 0 spiro atoms. The molecule has 0 radical (unpaired) electrons. The molecule has 0 aliphatic carbocycles. The molecule has 0 N–H and O–H groups in total. The number of carbonyl (C=O) groups is 5. The van der Waals surface area contributed by atoms with Gasteiger partial charge in [-0.25, -0.2) is 0 Å². The van der Waals surface area contributed by atoms with Crippen LogP contribution < -0.4 is 4.74 Å². The zero-order valence-corrected chi connectivity index (χ0v) is 24.0. The Balaban J connectivity index is 2.02. The molecule has 1 saturated heterocycles. The van der Waals surface area contributed by atoms with Gasteiger partial charge in [0.05, 0.1) is 0 Å². The van der Waals surface area contributed by atoms with E-state index < -0.39 is 60.4 Å². The molecule has 12 heteroatoms. The zero-order valence-electron chi connectivity index (χ0n) is 23.2. The van der Waals surface area contributed by atoms with Crippen LogP contribution in [0.4, 0.5) is 0 Å². The van der Waals surface area contributed by atoms with E-state index in [1.165, 1.54) is 20.8 Å². The Kier molecular flexibility index (Phi) is 10.8. The van der Waals surface area contributed by atoms with E-state index in [0.717, 1.165) is 19.4 Å². The maximum Gasteiger partial charge on any atom is 0.308 e. The average molecular weight is 591 g/mol. The van der Waals surface area contributed by atoms with Crippen LogP contribution in [0.5, 0.6) is 5.75 Å². The SMILES string of the molecule is CC(=O)OC[C@H]1O[C@@H](c2ccc(Cl)c(Cc3ccc(OC(C)=O)cc3)c2)[C@H](OC(C)=O)[C@@H](OC(C)=O)[C@@H]1OC(C)=O. The summed E-state index contributed by atoms with van der Waals surface area (Å²) in [5.74, 6) is -2.76. The van der Waals surface area contributed by atoms with Gasteiger partial charge < -0.3 is 28.4 Å². The molecule has 41 heavy (non-hydrogen) atoms. The molecule has 3 rings (SSSR count). The van der Waals surface area contributed by atoms with Crippen LogP contribution >= 0.6 is 11.6 Å². The third-order valence-corrected chi connectivity index (χ3v) is 6.34. The Bertz CT molecular complexity index is 1290. The van der Waals surface area contributed by atoms with Gasteiger partial charge in [-0.1, -0.05) is 35.9 Å². The van der Waals surface area contributed by atoms with Gasteiger partial charge >= 0.3 is 29.8 Å². The fraction of sp³-hybridized carbons (Fsp3) is 0.414. The van der Waals surface area contributed by atoms with Crippen LogP contribution in [0.1, 0.15) is 57.4 Å². The van der Waals surface area contributed by atoms with Crippen molar-refractivity contribution in [2.75, 3.05) is 6.61 Å². The van der Waals surface area contributed by atoms with Crippen LogP contribution in [0.3, 0.4) is 0 Å². The molecule has 1 heterocycles. The highest BCUT2D eigenvalue weighted by Crippen LogP contribution is 2.39. The van der Waals surface area contributed by atoms with Crippen LogP contribution in [-0.4, -0.2) is 60.9 Å². The number of benzene rings is 2. The lowest BCUT2D eigenvalue weighted by Gasteiger charge is -2.44. The van der Waals surface area contributed by atoms with Crippen molar-refractivity contribution >= 4 is 41.4 Å². The summed E-state index contributed by atoms with van der Waals surface area (Å²) in [6.45, 7) is 5.69. The highest BCUT2D eigenvalue weighted by Gasteiger charge is 2.52. The Morgan fingerprint density at radius 1 is 0.732 bits per heavy atom. The van der Waals surface area contributed by atoms with Gasteiger partial charge in [0.1, 0.15) is 24.6 Å². The van der Waals surface area contributed by atoms with Gasteiger partial charge in [-0.05, 0) is 41.3 Å². The standard InChI is InChI=1S/C29H31ClO11/c1-15(31)36-14-25-27(38-17(3)33)29(40-19(5)35)28(39-18(4)34)26(41-25)21-8-11-24(30)22(13-21)12-20-6-9-23(10-7-20)37-16(2)32/h6-11,13,25-29H,12,14H2,1-5H3/t25-,26+,27-,28+,29+/m1/s1. The first-order valence-electron chi connectivity index (χ1n) is 12.7. The van der Waals surface area contributed by atoms with Crippen molar-refractivity contribution in [3.63, 3.8) is 0 Å². The van der Waals surface area contributed by atoms with Crippen LogP contribution in [0.25, 0.3) is 0 Å². The van der Waals surface area contributed by atoms with Gasteiger partial charge in [-0.15, -0.1) is 0 Å². The Labute approximate surface area is 241 Å². The number of rotatable bonds is 9. The second-order valence-electron chi connectivity index (χ2n) is 9.39. The maximum absolute atomic E-state index is 12.2. The van der Waals surface area contributed by atoms with Gasteiger partial charge in [0.2, 0.25) is 0 Å². The van der Waals surface area contributed by atoms with E-state index in [1.807, 2.05) is 0 Å². The van der Waals surface area contributed by atoms with Crippen molar-refractivity contribution in [2.24, 2.45) is 0 Å². The Hall–Kier alpha value is -3.96. The lowest BCUT2D eigenvalue weighted by atomic mass is 9.89. The number of esters is 5. The largest absolute Gasteiger partial charge is 0.463 e. The molecule has 0 aromatic heterocycles. The Morgan fingerprint density at radius 3 is 1.88 bits per heavy atom. The smallest absolute Gasteiger partial charge is 0.308 e. The van der Waals surface area contributed by atoms with Gasteiger partial charge in [0.25, 0.3) is 0 Å². The number of carbonyl (C=O) groups excluding carboxylic acids is 5. The van der Waals surface area contributed by atoms with Crippen molar-refractivity contribution in [2.45, 2.75) is 71.6 Å². The molecule has 11 nitrogen and oxygen atoms in total. The molecule has 0 unspecified atom stereocenters. The molecule has 1 aliphatic rings. The van der Waals surface area contributed by atoms with Gasteiger partial charge in [-0.3, -0.25) is 24.0 Å². The third kappa shape index (κ3) is 9.02. The highest BCUT2D eigenvalue weighted by molar-refractivity contribution is 6.31. The molecule has 2 aromatic carbocycles. The highest BCUT2D eigenvalue weighted by atomic mass is 35.5. The molecule has 220 valence electrons. The van der Waals surface area contributed by atoms with Gasteiger partial charge in [-0.2, -0.15) is 0 Å². The van der Waals surface area contributed by atoms with Gasteiger partial charge in [0.15, 0.2) is 18.3 Å². The fourth-order valence-corrected chi connectivity index (χ4v) is 4.65. The molecule has 5 atom stereocenters. The van der Waals surface area contributed by atoms with Crippen LogP contribution in [0.2, 0.25) is 5.02 Å². The molecule has 1 fully saturated rings. The molecule has 0 amide bonds. The van der Waals surface area contributed by atoms with Crippen molar-refractivity contribution in [1.82, 2.24) is 0 Å². The van der Waals surface area contributed by atoms with Crippen molar-refractivity contribution in [1.29, 1.82) is 0 Å². The third-order valence-electron chi connectivity index (χ3n) is 5.97.